The molecule has 0 spiro atoms. The predicted molar refractivity (Wildman–Crippen MR) is 91.8 cm³/mol. The summed E-state index contributed by atoms with van der Waals surface area (Å²) in [5, 5.41) is 8.97. The van der Waals surface area contributed by atoms with Crippen LogP contribution >= 0.6 is 0 Å². The molecule has 1 N–H and O–H groups in total. The summed E-state index contributed by atoms with van der Waals surface area (Å²) in [5.41, 5.74) is 4.08. The molecule has 1 fully saturated rings. The minimum atomic E-state index is -0.662. The Morgan fingerprint density at radius 2 is 2.00 bits per heavy atom. The van der Waals surface area contributed by atoms with Gasteiger partial charge in [-0.15, -0.1) is 0 Å². The van der Waals surface area contributed by atoms with Crippen molar-refractivity contribution >= 4 is 5.97 Å². The fraction of sp³-hybridized carbons (Fsp3) is 0.850. The molecule has 0 aliphatic heterocycles. The van der Waals surface area contributed by atoms with Crippen molar-refractivity contribution < 1.29 is 9.90 Å². The zero-order chi connectivity index (χ0) is 16.5. The lowest BCUT2D eigenvalue weighted by Gasteiger charge is -2.55. The number of fused-ring (bicyclic) bond motifs is 1. The second-order valence-electron chi connectivity index (χ2n) is 8.85. The van der Waals surface area contributed by atoms with Gasteiger partial charge in [0.05, 0.1) is 0 Å². The molecule has 2 aliphatic carbocycles. The molecule has 126 valence electrons. The van der Waals surface area contributed by atoms with E-state index in [1.165, 1.54) is 32.1 Å². The van der Waals surface area contributed by atoms with E-state index in [9.17, 15) is 4.79 Å². The van der Waals surface area contributed by atoms with Crippen molar-refractivity contribution in [1.82, 2.24) is 0 Å². The van der Waals surface area contributed by atoms with E-state index in [4.69, 9.17) is 5.11 Å². The molecule has 0 aromatic rings. The summed E-state index contributed by atoms with van der Waals surface area (Å²) in [7, 11) is 0. The van der Waals surface area contributed by atoms with Crippen LogP contribution < -0.4 is 0 Å². The molecule has 0 aromatic heterocycles. The van der Waals surface area contributed by atoms with Gasteiger partial charge in [0.1, 0.15) is 0 Å². The molecule has 0 aromatic carbocycles. The average Bonchev–Trinajstić information content (AvgIpc) is 2.35. The van der Waals surface area contributed by atoms with Crippen LogP contribution in [0, 0.1) is 22.7 Å². The van der Waals surface area contributed by atoms with Gasteiger partial charge in [-0.25, -0.2) is 0 Å². The van der Waals surface area contributed by atoms with E-state index in [2.05, 4.69) is 34.6 Å². The van der Waals surface area contributed by atoms with Crippen LogP contribution in [0.25, 0.3) is 0 Å². The fourth-order valence-corrected chi connectivity index (χ4v) is 5.48. The third kappa shape index (κ3) is 3.41. The van der Waals surface area contributed by atoms with E-state index in [0.717, 1.165) is 18.8 Å². The predicted octanol–water partition coefficient (Wildman–Crippen LogP) is 5.82. The largest absolute Gasteiger partial charge is 0.481 e. The third-order valence-electron chi connectivity index (χ3n) is 6.65. The Balaban J connectivity index is 2.16. The zero-order valence-electron chi connectivity index (χ0n) is 15.2. The molecule has 0 saturated heterocycles. The molecule has 1 saturated carbocycles. The second-order valence-corrected chi connectivity index (χ2v) is 8.85. The van der Waals surface area contributed by atoms with Crippen LogP contribution in [0.2, 0.25) is 0 Å². The average molecular weight is 306 g/mol. The maximum atomic E-state index is 10.9. The van der Waals surface area contributed by atoms with E-state index in [0.29, 0.717) is 17.3 Å². The molecule has 3 atom stereocenters. The first-order valence-electron chi connectivity index (χ1n) is 9.07. The van der Waals surface area contributed by atoms with Crippen molar-refractivity contribution in [3.8, 4) is 0 Å². The van der Waals surface area contributed by atoms with Gasteiger partial charge in [0.25, 0.3) is 0 Å². The molecule has 2 nitrogen and oxygen atoms in total. The number of carbonyl (C=O) groups is 1. The van der Waals surface area contributed by atoms with Crippen LogP contribution in [-0.2, 0) is 4.79 Å². The quantitative estimate of drug-likeness (QED) is 0.650. The molecule has 2 rings (SSSR count). The molecule has 0 heterocycles. The van der Waals surface area contributed by atoms with Crippen LogP contribution in [0.1, 0.15) is 86.0 Å². The number of allylic oxidation sites excluding steroid dienone is 2. The van der Waals surface area contributed by atoms with Gasteiger partial charge in [-0.2, -0.15) is 0 Å². The Morgan fingerprint density at radius 1 is 1.32 bits per heavy atom. The van der Waals surface area contributed by atoms with Crippen LogP contribution in [0.3, 0.4) is 0 Å². The SMILES string of the molecule is CC1=C(CC[C@H](C)CC(=O)O)[C@@]2(C)CCCC(C)(C)[C@@H]2CC1. The maximum Gasteiger partial charge on any atom is 0.303 e. The number of hydrogen-bond donors (Lipinski definition) is 1. The highest BCUT2D eigenvalue weighted by Crippen LogP contribution is 2.60. The minimum absolute atomic E-state index is 0.276. The van der Waals surface area contributed by atoms with Crippen LogP contribution in [0.4, 0.5) is 0 Å². The Bertz CT molecular complexity index is 460. The summed E-state index contributed by atoms with van der Waals surface area (Å²) in [6.07, 6.45) is 9.01. The van der Waals surface area contributed by atoms with E-state index in [1.807, 2.05) is 0 Å². The van der Waals surface area contributed by atoms with Crippen LogP contribution in [-0.4, -0.2) is 11.1 Å². The molecular weight excluding hydrogens is 272 g/mol. The molecule has 2 heteroatoms. The smallest absolute Gasteiger partial charge is 0.303 e. The van der Waals surface area contributed by atoms with Crippen molar-refractivity contribution in [2.45, 2.75) is 86.0 Å². The highest BCUT2D eigenvalue weighted by molar-refractivity contribution is 5.66. The highest BCUT2D eigenvalue weighted by atomic mass is 16.4. The molecule has 0 bridgehead atoms. The number of carboxylic acid groups (broad SMARTS) is 1. The summed E-state index contributed by atoms with van der Waals surface area (Å²) < 4.78 is 0. The standard InChI is InChI=1S/C20H34O2/c1-14(13-18(21)22)7-9-16-15(2)8-10-17-19(3,4)11-6-12-20(16,17)5/h14,17H,6-13H2,1-5H3,(H,21,22)/t14-,17-,20+/m0/s1. The van der Waals surface area contributed by atoms with Gasteiger partial charge in [0.2, 0.25) is 0 Å². The Morgan fingerprint density at radius 3 is 2.64 bits per heavy atom. The number of aliphatic carboxylic acids is 1. The Labute approximate surface area is 136 Å². The molecule has 0 unspecified atom stereocenters. The van der Waals surface area contributed by atoms with E-state index in [-0.39, 0.29) is 5.92 Å². The minimum Gasteiger partial charge on any atom is -0.481 e. The molecule has 0 radical (unpaired) electrons. The van der Waals surface area contributed by atoms with E-state index in [1.54, 1.807) is 11.1 Å². The summed E-state index contributed by atoms with van der Waals surface area (Å²) in [4.78, 5) is 10.9. The number of carboxylic acids is 1. The van der Waals surface area contributed by atoms with Crippen molar-refractivity contribution in [2.75, 3.05) is 0 Å². The summed E-state index contributed by atoms with van der Waals surface area (Å²) in [5.74, 6) is 0.408. The van der Waals surface area contributed by atoms with Crippen molar-refractivity contribution in [3.05, 3.63) is 11.1 Å². The maximum absolute atomic E-state index is 10.9. The van der Waals surface area contributed by atoms with E-state index >= 15 is 0 Å². The van der Waals surface area contributed by atoms with Gasteiger partial charge in [-0.3, -0.25) is 4.79 Å². The van der Waals surface area contributed by atoms with Gasteiger partial charge in [-0.05, 0) is 68.1 Å². The molecule has 2 aliphatic rings. The van der Waals surface area contributed by atoms with Crippen LogP contribution in [0.5, 0.6) is 0 Å². The Hall–Kier alpha value is -0.790. The first kappa shape index (κ1) is 17.6. The first-order valence-corrected chi connectivity index (χ1v) is 9.07. The van der Waals surface area contributed by atoms with Crippen LogP contribution in [0.15, 0.2) is 11.1 Å². The second kappa shape index (κ2) is 6.37. The van der Waals surface area contributed by atoms with Gasteiger partial charge < -0.3 is 5.11 Å². The van der Waals surface area contributed by atoms with E-state index < -0.39 is 5.97 Å². The third-order valence-corrected chi connectivity index (χ3v) is 6.65. The normalized spacial score (nSPS) is 32.5. The van der Waals surface area contributed by atoms with Gasteiger partial charge in [0, 0.05) is 6.42 Å². The monoisotopic (exact) mass is 306 g/mol. The van der Waals surface area contributed by atoms with Gasteiger partial charge >= 0.3 is 5.97 Å². The lowest BCUT2D eigenvalue weighted by atomic mass is 9.50. The fourth-order valence-electron chi connectivity index (χ4n) is 5.48. The van der Waals surface area contributed by atoms with Gasteiger partial charge in [-0.1, -0.05) is 45.3 Å². The van der Waals surface area contributed by atoms with Crippen molar-refractivity contribution in [3.63, 3.8) is 0 Å². The zero-order valence-corrected chi connectivity index (χ0v) is 15.2. The molecule has 0 amide bonds. The number of rotatable bonds is 5. The van der Waals surface area contributed by atoms with Gasteiger partial charge in [0.15, 0.2) is 0 Å². The topological polar surface area (TPSA) is 37.3 Å². The summed E-state index contributed by atoms with van der Waals surface area (Å²) in [6.45, 7) is 11.8. The first-order chi connectivity index (χ1) is 10.2. The summed E-state index contributed by atoms with van der Waals surface area (Å²) >= 11 is 0. The lowest BCUT2D eigenvalue weighted by Crippen LogP contribution is -2.45. The lowest BCUT2D eigenvalue weighted by molar-refractivity contribution is -0.138. The molecule has 22 heavy (non-hydrogen) atoms. The summed E-state index contributed by atoms with van der Waals surface area (Å²) in [6, 6.07) is 0. The number of hydrogen-bond acceptors (Lipinski definition) is 1. The molecular formula is C20H34O2. The Kier molecular flexibility index (Phi) is 5.09. The highest BCUT2D eigenvalue weighted by Gasteiger charge is 2.49. The van der Waals surface area contributed by atoms with Crippen molar-refractivity contribution in [2.24, 2.45) is 22.7 Å². The van der Waals surface area contributed by atoms with Crippen molar-refractivity contribution in [1.29, 1.82) is 0 Å².